The molecule has 1 heteroatoms. The van der Waals surface area contributed by atoms with E-state index in [9.17, 15) is 0 Å². The van der Waals surface area contributed by atoms with Gasteiger partial charge in [-0.3, -0.25) is 0 Å². The van der Waals surface area contributed by atoms with Crippen LogP contribution in [0.4, 0.5) is 11.4 Å². The Hall–Kier alpha value is -5.14. The van der Waals surface area contributed by atoms with Crippen LogP contribution in [0, 0.1) is 0 Å². The van der Waals surface area contributed by atoms with Crippen molar-refractivity contribution in [1.82, 2.24) is 0 Å². The predicted octanol–water partition coefficient (Wildman–Crippen LogP) is 11.2. The lowest BCUT2D eigenvalue weighted by molar-refractivity contribution is 0.728. The molecule has 0 amide bonds. The Bertz CT molecular complexity index is 2090. The maximum atomic E-state index is 2.45. The molecule has 1 atom stereocenters. The first-order chi connectivity index (χ1) is 21.3. The summed E-state index contributed by atoms with van der Waals surface area (Å²) < 4.78 is 0. The Morgan fingerprint density at radius 1 is 0.512 bits per heavy atom. The lowest BCUT2D eigenvalue weighted by Gasteiger charge is -2.24. The molecule has 1 aliphatic carbocycles. The summed E-state index contributed by atoms with van der Waals surface area (Å²) in [5.74, 6) is 0.291. The van der Waals surface area contributed by atoms with E-state index in [2.05, 4.69) is 164 Å². The van der Waals surface area contributed by atoms with Gasteiger partial charge in [0.05, 0.1) is 0 Å². The molecule has 0 N–H and O–H groups in total. The van der Waals surface area contributed by atoms with Crippen molar-refractivity contribution in [3.05, 3.63) is 168 Å². The zero-order valence-corrected chi connectivity index (χ0v) is 24.4. The van der Waals surface area contributed by atoms with Crippen molar-refractivity contribution in [2.24, 2.45) is 0 Å². The molecular formula is C42H33N. The fraction of sp³-hybridized carbons (Fsp3) is 0.0952. The smallest absolute Gasteiger partial charge is 0.0414 e. The number of rotatable bonds is 4. The summed E-state index contributed by atoms with van der Waals surface area (Å²) in [6.07, 6.45) is 2.09. The summed E-state index contributed by atoms with van der Waals surface area (Å²) in [6.45, 7) is 0. The van der Waals surface area contributed by atoms with Crippen LogP contribution in [0.2, 0.25) is 0 Å². The molecule has 0 saturated carbocycles. The summed E-state index contributed by atoms with van der Waals surface area (Å²) in [4.78, 5) is 2.30. The first-order valence-electron chi connectivity index (χ1n) is 15.3. The zero-order chi connectivity index (χ0) is 28.8. The van der Waals surface area contributed by atoms with Crippen molar-refractivity contribution in [3.63, 3.8) is 0 Å². The molecule has 43 heavy (non-hydrogen) atoms. The third kappa shape index (κ3) is 4.40. The maximum Gasteiger partial charge on any atom is 0.0414 e. The van der Waals surface area contributed by atoms with Gasteiger partial charge in [0.2, 0.25) is 0 Å². The average Bonchev–Trinajstić information content (AvgIpc) is 3.26. The van der Waals surface area contributed by atoms with Crippen LogP contribution in [0.3, 0.4) is 0 Å². The largest absolute Gasteiger partial charge is 0.345 e. The lowest BCUT2D eigenvalue weighted by Crippen LogP contribution is -2.10. The third-order valence-corrected chi connectivity index (χ3v) is 9.33. The Balaban J connectivity index is 1.39. The second-order valence-corrected chi connectivity index (χ2v) is 11.7. The van der Waals surface area contributed by atoms with Crippen molar-refractivity contribution < 1.29 is 0 Å². The van der Waals surface area contributed by atoms with Gasteiger partial charge in [0.25, 0.3) is 0 Å². The lowest BCUT2D eigenvalue weighted by atomic mass is 9.83. The molecule has 8 rings (SSSR count). The van der Waals surface area contributed by atoms with E-state index in [1.165, 1.54) is 71.9 Å². The second-order valence-electron chi connectivity index (χ2n) is 11.7. The molecule has 0 aliphatic heterocycles. The van der Waals surface area contributed by atoms with E-state index in [-0.39, 0.29) is 0 Å². The number of hydrogen-bond acceptors (Lipinski definition) is 1. The van der Waals surface area contributed by atoms with E-state index >= 15 is 0 Å². The van der Waals surface area contributed by atoms with Gasteiger partial charge < -0.3 is 4.90 Å². The van der Waals surface area contributed by atoms with Crippen LogP contribution in [0.5, 0.6) is 0 Å². The molecular weight excluding hydrogens is 518 g/mol. The van der Waals surface area contributed by atoms with Gasteiger partial charge in [0.1, 0.15) is 0 Å². The number of fused-ring (bicyclic) bond motifs is 8. The Labute approximate surface area is 253 Å². The highest BCUT2D eigenvalue weighted by atomic mass is 15.1. The van der Waals surface area contributed by atoms with Gasteiger partial charge in [0.15, 0.2) is 0 Å². The van der Waals surface area contributed by atoms with Crippen molar-refractivity contribution in [2.45, 2.75) is 18.8 Å². The molecule has 206 valence electrons. The van der Waals surface area contributed by atoms with Gasteiger partial charge in [-0.15, -0.1) is 0 Å². The van der Waals surface area contributed by atoms with Gasteiger partial charge in [0, 0.05) is 24.3 Å². The molecule has 0 fully saturated rings. The predicted molar refractivity (Wildman–Crippen MR) is 183 cm³/mol. The number of aryl methyl sites for hydroxylation is 1. The van der Waals surface area contributed by atoms with Crippen LogP contribution in [0.25, 0.3) is 43.8 Å². The highest BCUT2D eigenvalue weighted by Gasteiger charge is 2.28. The van der Waals surface area contributed by atoms with Gasteiger partial charge >= 0.3 is 0 Å². The van der Waals surface area contributed by atoms with Crippen LogP contribution >= 0.6 is 0 Å². The third-order valence-electron chi connectivity index (χ3n) is 9.33. The number of hydrogen-bond donors (Lipinski definition) is 0. The fourth-order valence-electron chi connectivity index (χ4n) is 7.21. The quantitative estimate of drug-likeness (QED) is 0.197. The summed E-state index contributed by atoms with van der Waals surface area (Å²) >= 11 is 0. The minimum Gasteiger partial charge on any atom is -0.345 e. The molecule has 0 bridgehead atoms. The molecule has 1 nitrogen and oxygen atoms in total. The van der Waals surface area contributed by atoms with Crippen LogP contribution in [-0.4, -0.2) is 7.05 Å². The topological polar surface area (TPSA) is 3.24 Å². The van der Waals surface area contributed by atoms with E-state index in [1.54, 1.807) is 0 Å². The minimum atomic E-state index is 0.291. The van der Waals surface area contributed by atoms with Crippen LogP contribution in [0.15, 0.2) is 152 Å². The first-order valence-corrected chi connectivity index (χ1v) is 15.3. The molecule has 0 spiro atoms. The number of para-hydroxylation sites is 1. The number of anilines is 2. The van der Waals surface area contributed by atoms with E-state index in [0.29, 0.717) is 5.92 Å². The summed E-state index contributed by atoms with van der Waals surface area (Å²) in [5.41, 5.74) is 11.9. The van der Waals surface area contributed by atoms with E-state index in [0.717, 1.165) is 12.8 Å². The Morgan fingerprint density at radius 3 is 1.91 bits per heavy atom. The van der Waals surface area contributed by atoms with E-state index < -0.39 is 0 Å². The molecule has 7 aromatic carbocycles. The SMILES string of the molecule is CN(c1ccccc1)c1ccc2c(c1)-c1c(c3ccccc3c3ccccc13)CC[C@H]2c1cccc(-c2ccccc2)c1. The monoisotopic (exact) mass is 551 g/mol. The maximum absolute atomic E-state index is 2.45. The van der Waals surface area contributed by atoms with Crippen molar-refractivity contribution >= 4 is 32.9 Å². The normalized spacial score (nSPS) is 14.2. The van der Waals surface area contributed by atoms with Gasteiger partial charge in [-0.2, -0.15) is 0 Å². The zero-order valence-electron chi connectivity index (χ0n) is 24.4. The van der Waals surface area contributed by atoms with Gasteiger partial charge in [-0.25, -0.2) is 0 Å². The van der Waals surface area contributed by atoms with Gasteiger partial charge in [-0.05, 0) is 97.6 Å². The van der Waals surface area contributed by atoms with Crippen molar-refractivity contribution in [3.8, 4) is 22.3 Å². The minimum absolute atomic E-state index is 0.291. The highest BCUT2D eigenvalue weighted by Crippen LogP contribution is 2.48. The Morgan fingerprint density at radius 2 is 1.14 bits per heavy atom. The first kappa shape index (κ1) is 25.6. The second kappa shape index (κ2) is 10.6. The fourth-order valence-corrected chi connectivity index (χ4v) is 7.21. The summed E-state index contributed by atoms with van der Waals surface area (Å²) in [7, 11) is 2.17. The molecule has 1 aliphatic rings. The van der Waals surface area contributed by atoms with Gasteiger partial charge in [-0.1, -0.05) is 127 Å². The highest BCUT2D eigenvalue weighted by molar-refractivity contribution is 6.16. The molecule has 0 unspecified atom stereocenters. The van der Waals surface area contributed by atoms with Crippen molar-refractivity contribution in [2.75, 3.05) is 11.9 Å². The molecule has 0 saturated heterocycles. The Kier molecular flexibility index (Phi) is 6.30. The number of benzene rings is 7. The molecule has 0 radical (unpaired) electrons. The summed E-state index contributed by atoms with van der Waals surface area (Å²) in [5, 5.41) is 5.40. The van der Waals surface area contributed by atoms with E-state index in [1.807, 2.05) is 0 Å². The van der Waals surface area contributed by atoms with Crippen molar-refractivity contribution in [1.29, 1.82) is 0 Å². The molecule has 0 heterocycles. The molecule has 0 aromatic heterocycles. The van der Waals surface area contributed by atoms with E-state index in [4.69, 9.17) is 0 Å². The van der Waals surface area contributed by atoms with Crippen LogP contribution in [0.1, 0.15) is 29.0 Å². The average molecular weight is 552 g/mol. The standard InChI is InChI=1S/C42H33N/c1-43(32-17-6-3-7-18-32)33-23-24-38-34(31-16-12-15-30(27-31)29-13-4-2-5-14-29)25-26-40-37-21-9-8-19-35(37)36-20-10-11-22-39(36)42(40)41(38)28-33/h2-24,27-28,34H,25-26H2,1H3/t34-/m0/s1. The molecule has 7 aromatic rings. The number of nitrogens with zero attached hydrogens (tertiary/aromatic N) is 1. The summed E-state index contributed by atoms with van der Waals surface area (Å²) in [6, 6.07) is 55.8. The van der Waals surface area contributed by atoms with Crippen LogP contribution in [-0.2, 0) is 6.42 Å². The van der Waals surface area contributed by atoms with Crippen LogP contribution < -0.4 is 4.90 Å².